The van der Waals surface area contributed by atoms with E-state index in [2.05, 4.69) is 0 Å². The summed E-state index contributed by atoms with van der Waals surface area (Å²) in [6.45, 7) is 2.04. The van der Waals surface area contributed by atoms with Crippen LogP contribution in [0, 0.1) is 0 Å². The molecule has 0 fully saturated rings. The number of unbranched alkanes of at least 4 members (excludes halogenated alkanes) is 1. The van der Waals surface area contributed by atoms with E-state index in [-0.39, 0.29) is 17.2 Å². The van der Waals surface area contributed by atoms with E-state index in [0.717, 1.165) is 18.9 Å². The van der Waals surface area contributed by atoms with Crippen LogP contribution in [0.25, 0.3) is 0 Å². The zero-order valence-electron chi connectivity index (χ0n) is 7.62. The molecule has 0 spiro atoms. The predicted molar refractivity (Wildman–Crippen MR) is 50.0 cm³/mol. The second-order valence-electron chi connectivity index (χ2n) is 3.08. The van der Waals surface area contributed by atoms with Gasteiger partial charge in [-0.2, -0.15) is 0 Å². The number of hydrogen-bond acceptors (Lipinski definition) is 3. The summed E-state index contributed by atoms with van der Waals surface area (Å²) in [4.78, 5) is 0. The molecule has 0 saturated carbocycles. The van der Waals surface area contributed by atoms with Gasteiger partial charge in [-0.1, -0.05) is 13.3 Å². The van der Waals surface area contributed by atoms with Crippen molar-refractivity contribution < 1.29 is 15.3 Å². The lowest BCUT2D eigenvalue weighted by atomic mass is 10.1. The first-order valence-corrected chi connectivity index (χ1v) is 4.39. The first kappa shape index (κ1) is 9.71. The molecule has 3 N–H and O–H groups in total. The summed E-state index contributed by atoms with van der Waals surface area (Å²) in [5, 5.41) is 27.7. The van der Waals surface area contributed by atoms with Gasteiger partial charge in [-0.3, -0.25) is 0 Å². The summed E-state index contributed by atoms with van der Waals surface area (Å²) < 4.78 is 0. The van der Waals surface area contributed by atoms with Crippen molar-refractivity contribution in [2.75, 3.05) is 0 Å². The van der Waals surface area contributed by atoms with Crippen molar-refractivity contribution in [1.29, 1.82) is 0 Å². The molecule has 0 saturated heterocycles. The number of hydrogen-bond donors (Lipinski definition) is 3. The van der Waals surface area contributed by atoms with Crippen LogP contribution >= 0.6 is 0 Å². The maximum absolute atomic E-state index is 9.39. The Balaban J connectivity index is 2.92. The summed E-state index contributed by atoms with van der Waals surface area (Å²) in [5.74, 6) is -0.390. The van der Waals surface area contributed by atoms with Gasteiger partial charge in [0.25, 0.3) is 0 Å². The number of phenolic OH excluding ortho intramolecular Hbond substituents is 3. The third kappa shape index (κ3) is 2.28. The molecule has 1 aromatic rings. The van der Waals surface area contributed by atoms with Gasteiger partial charge in [-0.15, -0.1) is 0 Å². The van der Waals surface area contributed by atoms with Crippen molar-refractivity contribution in [3.05, 3.63) is 17.7 Å². The number of rotatable bonds is 3. The number of aromatic hydroxyl groups is 3. The Labute approximate surface area is 77.3 Å². The van der Waals surface area contributed by atoms with Gasteiger partial charge >= 0.3 is 0 Å². The van der Waals surface area contributed by atoms with Gasteiger partial charge in [0, 0.05) is 11.6 Å². The van der Waals surface area contributed by atoms with Gasteiger partial charge in [-0.25, -0.2) is 0 Å². The highest BCUT2D eigenvalue weighted by molar-refractivity contribution is 5.49. The average molecular weight is 182 g/mol. The van der Waals surface area contributed by atoms with Crippen molar-refractivity contribution in [2.45, 2.75) is 26.2 Å². The van der Waals surface area contributed by atoms with Crippen LogP contribution in [0.4, 0.5) is 0 Å². The smallest absolute Gasteiger partial charge is 0.161 e. The van der Waals surface area contributed by atoms with Gasteiger partial charge in [0.2, 0.25) is 0 Å². The molecule has 0 radical (unpaired) electrons. The highest BCUT2D eigenvalue weighted by Crippen LogP contribution is 2.33. The van der Waals surface area contributed by atoms with E-state index in [4.69, 9.17) is 5.11 Å². The van der Waals surface area contributed by atoms with Crippen molar-refractivity contribution in [2.24, 2.45) is 0 Å². The minimum Gasteiger partial charge on any atom is -0.508 e. The van der Waals surface area contributed by atoms with E-state index in [1.807, 2.05) is 6.92 Å². The Hall–Kier alpha value is -1.38. The SMILES string of the molecule is CCCCc1cc(O)cc(O)c1O. The molecule has 13 heavy (non-hydrogen) atoms. The van der Waals surface area contributed by atoms with E-state index in [9.17, 15) is 10.2 Å². The summed E-state index contributed by atoms with van der Waals surface area (Å²) in [6.07, 6.45) is 2.61. The normalized spacial score (nSPS) is 10.2. The van der Waals surface area contributed by atoms with Crippen LogP contribution in [0.5, 0.6) is 17.2 Å². The molecule has 3 heteroatoms. The minimum atomic E-state index is -0.258. The van der Waals surface area contributed by atoms with Crippen LogP contribution in [0.2, 0.25) is 0 Å². The van der Waals surface area contributed by atoms with Crippen LogP contribution in [-0.4, -0.2) is 15.3 Å². The number of aryl methyl sites for hydroxylation is 1. The van der Waals surface area contributed by atoms with Crippen molar-refractivity contribution in [3.63, 3.8) is 0 Å². The molecule has 72 valence electrons. The van der Waals surface area contributed by atoms with Crippen LogP contribution in [0.15, 0.2) is 12.1 Å². The first-order valence-electron chi connectivity index (χ1n) is 4.39. The van der Waals surface area contributed by atoms with Crippen LogP contribution in [0.1, 0.15) is 25.3 Å². The highest BCUT2D eigenvalue weighted by Gasteiger charge is 2.07. The second-order valence-corrected chi connectivity index (χ2v) is 3.08. The lowest BCUT2D eigenvalue weighted by molar-refractivity contribution is 0.391. The molecular formula is C10H14O3. The molecule has 0 aliphatic heterocycles. The predicted octanol–water partition coefficient (Wildman–Crippen LogP) is 2.15. The molecule has 1 aromatic carbocycles. The molecule has 0 amide bonds. The molecule has 0 aromatic heterocycles. The van der Waals surface area contributed by atoms with E-state index < -0.39 is 0 Å². The second kappa shape index (κ2) is 4.03. The van der Waals surface area contributed by atoms with Gasteiger partial charge in [0.15, 0.2) is 11.5 Å². The van der Waals surface area contributed by atoms with Crippen LogP contribution in [0.3, 0.4) is 0 Å². The van der Waals surface area contributed by atoms with E-state index in [1.165, 1.54) is 6.07 Å². The summed E-state index contributed by atoms with van der Waals surface area (Å²) >= 11 is 0. The van der Waals surface area contributed by atoms with Gasteiger partial charge in [0.05, 0.1) is 0 Å². The summed E-state index contributed by atoms with van der Waals surface area (Å²) in [5.41, 5.74) is 0.597. The van der Waals surface area contributed by atoms with E-state index in [1.54, 1.807) is 0 Å². The van der Waals surface area contributed by atoms with Gasteiger partial charge in [0.1, 0.15) is 5.75 Å². The molecule has 0 aliphatic rings. The quantitative estimate of drug-likeness (QED) is 0.495. The maximum Gasteiger partial charge on any atom is 0.161 e. The van der Waals surface area contributed by atoms with Crippen molar-refractivity contribution in [1.82, 2.24) is 0 Å². The Morgan fingerprint density at radius 3 is 2.46 bits per heavy atom. The average Bonchev–Trinajstić information content (AvgIpc) is 2.09. The fourth-order valence-electron chi connectivity index (χ4n) is 1.22. The molecular weight excluding hydrogens is 168 g/mol. The standard InChI is InChI=1S/C10H14O3/c1-2-3-4-7-5-8(11)6-9(12)10(7)13/h5-6,11-13H,2-4H2,1H3. The number of benzene rings is 1. The molecule has 0 heterocycles. The third-order valence-corrected chi connectivity index (χ3v) is 1.95. The van der Waals surface area contributed by atoms with Gasteiger partial charge < -0.3 is 15.3 Å². The lowest BCUT2D eigenvalue weighted by Gasteiger charge is -2.06. The maximum atomic E-state index is 9.39. The Bertz CT molecular complexity index is 294. The fraction of sp³-hybridized carbons (Fsp3) is 0.400. The van der Waals surface area contributed by atoms with Crippen LogP contribution in [-0.2, 0) is 6.42 Å². The zero-order chi connectivity index (χ0) is 9.84. The van der Waals surface area contributed by atoms with E-state index >= 15 is 0 Å². The first-order chi connectivity index (χ1) is 6.15. The molecule has 0 unspecified atom stereocenters. The Morgan fingerprint density at radius 2 is 1.85 bits per heavy atom. The molecule has 1 rings (SSSR count). The Kier molecular flexibility index (Phi) is 3.01. The molecule has 3 nitrogen and oxygen atoms in total. The fourth-order valence-corrected chi connectivity index (χ4v) is 1.22. The highest BCUT2D eigenvalue weighted by atomic mass is 16.3. The minimum absolute atomic E-state index is 0.0126. The topological polar surface area (TPSA) is 60.7 Å². The summed E-state index contributed by atoms with van der Waals surface area (Å²) in [7, 11) is 0. The van der Waals surface area contributed by atoms with Crippen molar-refractivity contribution in [3.8, 4) is 17.2 Å². The third-order valence-electron chi connectivity index (χ3n) is 1.95. The Morgan fingerprint density at radius 1 is 1.15 bits per heavy atom. The van der Waals surface area contributed by atoms with Crippen molar-refractivity contribution >= 4 is 0 Å². The monoisotopic (exact) mass is 182 g/mol. The molecule has 0 atom stereocenters. The zero-order valence-corrected chi connectivity index (χ0v) is 7.62. The van der Waals surface area contributed by atoms with Crippen LogP contribution < -0.4 is 0 Å². The van der Waals surface area contributed by atoms with E-state index in [0.29, 0.717) is 12.0 Å². The number of phenols is 3. The lowest BCUT2D eigenvalue weighted by Crippen LogP contribution is -1.86. The molecule has 0 aliphatic carbocycles. The largest absolute Gasteiger partial charge is 0.508 e. The summed E-state index contributed by atoms with van der Waals surface area (Å²) in [6, 6.07) is 2.61. The van der Waals surface area contributed by atoms with Gasteiger partial charge in [-0.05, 0) is 18.9 Å². The molecule has 0 bridgehead atoms.